The van der Waals surface area contributed by atoms with Gasteiger partial charge in [-0.3, -0.25) is 4.79 Å². The number of methoxy groups -OCH3 is 1. The molecule has 4 heteroatoms. The summed E-state index contributed by atoms with van der Waals surface area (Å²) in [4.78, 5) is 12.0. The number of ether oxygens (including phenoxy) is 1. The van der Waals surface area contributed by atoms with Crippen molar-refractivity contribution >= 4 is 11.6 Å². The summed E-state index contributed by atoms with van der Waals surface area (Å²) >= 11 is 0. The van der Waals surface area contributed by atoms with Gasteiger partial charge in [0, 0.05) is 19.2 Å². The second kappa shape index (κ2) is 3.88. The van der Waals surface area contributed by atoms with Gasteiger partial charge in [-0.1, -0.05) is 18.2 Å². The van der Waals surface area contributed by atoms with E-state index in [0.29, 0.717) is 6.42 Å². The van der Waals surface area contributed by atoms with Crippen LogP contribution in [0.3, 0.4) is 0 Å². The van der Waals surface area contributed by atoms with Gasteiger partial charge in [-0.05, 0) is 18.6 Å². The highest BCUT2D eigenvalue weighted by Gasteiger charge is 2.43. The van der Waals surface area contributed by atoms with Crippen molar-refractivity contribution in [3.05, 3.63) is 29.8 Å². The number of rotatable bonds is 2. The predicted molar refractivity (Wildman–Crippen MR) is 62.2 cm³/mol. The third kappa shape index (κ3) is 1.60. The van der Waals surface area contributed by atoms with Crippen LogP contribution in [0.5, 0.6) is 0 Å². The van der Waals surface area contributed by atoms with E-state index in [0.717, 1.165) is 11.3 Å². The van der Waals surface area contributed by atoms with Crippen molar-refractivity contribution in [2.75, 3.05) is 12.4 Å². The van der Waals surface area contributed by atoms with Gasteiger partial charge in [-0.2, -0.15) is 0 Å². The van der Waals surface area contributed by atoms with Crippen molar-refractivity contribution in [2.24, 2.45) is 5.73 Å². The number of hydrogen-bond donors (Lipinski definition) is 2. The number of nitrogens with one attached hydrogen (secondary N) is 1. The lowest BCUT2D eigenvalue weighted by Crippen LogP contribution is -2.62. The predicted octanol–water partition coefficient (Wildman–Crippen LogP) is 0.914. The van der Waals surface area contributed by atoms with Crippen molar-refractivity contribution in [1.82, 2.24) is 0 Å². The van der Waals surface area contributed by atoms with Crippen molar-refractivity contribution in [3.63, 3.8) is 0 Å². The molecule has 0 aromatic heterocycles. The van der Waals surface area contributed by atoms with Gasteiger partial charge < -0.3 is 15.8 Å². The Hall–Kier alpha value is -1.39. The number of benzene rings is 1. The van der Waals surface area contributed by atoms with Crippen LogP contribution in [-0.2, 0) is 16.0 Å². The molecule has 0 bridgehead atoms. The Morgan fingerprint density at radius 1 is 1.50 bits per heavy atom. The normalized spacial score (nSPS) is 25.8. The zero-order chi connectivity index (χ0) is 11.8. The van der Waals surface area contributed by atoms with Gasteiger partial charge in [0.05, 0.1) is 6.10 Å². The van der Waals surface area contributed by atoms with Crippen molar-refractivity contribution in [3.8, 4) is 0 Å². The molecule has 1 amide bonds. The third-order valence-electron chi connectivity index (χ3n) is 3.25. The summed E-state index contributed by atoms with van der Waals surface area (Å²) in [5, 5.41) is 2.82. The number of fused-ring (bicyclic) bond motifs is 1. The van der Waals surface area contributed by atoms with E-state index in [1.165, 1.54) is 0 Å². The Kier molecular flexibility index (Phi) is 2.69. The fourth-order valence-electron chi connectivity index (χ4n) is 1.97. The molecule has 1 aromatic rings. The monoisotopic (exact) mass is 220 g/mol. The van der Waals surface area contributed by atoms with E-state index in [1.807, 2.05) is 31.2 Å². The third-order valence-corrected chi connectivity index (χ3v) is 3.25. The van der Waals surface area contributed by atoms with E-state index in [-0.39, 0.29) is 12.0 Å². The van der Waals surface area contributed by atoms with Gasteiger partial charge in [-0.25, -0.2) is 0 Å². The largest absolute Gasteiger partial charge is 0.379 e. The first-order chi connectivity index (χ1) is 7.58. The van der Waals surface area contributed by atoms with E-state index < -0.39 is 5.54 Å². The Labute approximate surface area is 94.8 Å². The molecule has 0 spiro atoms. The fourth-order valence-corrected chi connectivity index (χ4v) is 1.97. The molecule has 86 valence electrons. The molecule has 2 atom stereocenters. The maximum atomic E-state index is 12.0. The number of carbonyl (C=O) groups is 1. The zero-order valence-corrected chi connectivity index (χ0v) is 9.49. The molecule has 16 heavy (non-hydrogen) atoms. The molecule has 0 saturated heterocycles. The van der Waals surface area contributed by atoms with Gasteiger partial charge >= 0.3 is 0 Å². The second-order valence-corrected chi connectivity index (χ2v) is 4.21. The van der Waals surface area contributed by atoms with Crippen LogP contribution in [0.2, 0.25) is 0 Å². The minimum absolute atomic E-state index is 0.180. The van der Waals surface area contributed by atoms with E-state index in [4.69, 9.17) is 10.5 Å². The van der Waals surface area contributed by atoms with Crippen LogP contribution in [-0.4, -0.2) is 24.7 Å². The lowest BCUT2D eigenvalue weighted by molar-refractivity contribution is -0.126. The van der Waals surface area contributed by atoms with Gasteiger partial charge in [-0.15, -0.1) is 0 Å². The first-order valence-corrected chi connectivity index (χ1v) is 5.29. The van der Waals surface area contributed by atoms with Crippen molar-refractivity contribution in [1.29, 1.82) is 0 Å². The average molecular weight is 220 g/mol. The first-order valence-electron chi connectivity index (χ1n) is 5.29. The number of hydrogen-bond acceptors (Lipinski definition) is 3. The number of amides is 1. The Bertz CT molecular complexity index is 419. The SMILES string of the molecule is COC(C)C1(N)Cc2ccccc2NC1=O. The first kappa shape index (κ1) is 11.1. The summed E-state index contributed by atoms with van der Waals surface area (Å²) in [6, 6.07) is 7.68. The van der Waals surface area contributed by atoms with E-state index in [2.05, 4.69) is 5.32 Å². The molecule has 4 nitrogen and oxygen atoms in total. The maximum Gasteiger partial charge on any atom is 0.247 e. The van der Waals surface area contributed by atoms with E-state index >= 15 is 0 Å². The summed E-state index contributed by atoms with van der Waals surface area (Å²) in [5.41, 5.74) is 7.05. The van der Waals surface area contributed by atoms with E-state index in [1.54, 1.807) is 7.11 Å². The molecule has 1 aliphatic heterocycles. The summed E-state index contributed by atoms with van der Waals surface area (Å²) in [6.45, 7) is 1.81. The number of carbonyl (C=O) groups excluding carboxylic acids is 1. The highest BCUT2D eigenvalue weighted by Crippen LogP contribution is 2.29. The van der Waals surface area contributed by atoms with Gasteiger partial charge in [0.2, 0.25) is 5.91 Å². The minimum atomic E-state index is -0.983. The molecular formula is C12H16N2O2. The van der Waals surface area contributed by atoms with Gasteiger partial charge in [0.25, 0.3) is 0 Å². The second-order valence-electron chi connectivity index (χ2n) is 4.21. The average Bonchev–Trinajstić information content (AvgIpc) is 2.29. The highest BCUT2D eigenvalue weighted by atomic mass is 16.5. The molecule has 0 fully saturated rings. The van der Waals surface area contributed by atoms with Gasteiger partial charge in [0.1, 0.15) is 5.54 Å². The molecule has 0 saturated carbocycles. The molecule has 2 unspecified atom stereocenters. The van der Waals surface area contributed by atoms with Crippen LogP contribution in [0.15, 0.2) is 24.3 Å². The zero-order valence-electron chi connectivity index (χ0n) is 9.49. The summed E-state index contributed by atoms with van der Waals surface area (Å²) in [7, 11) is 1.56. The minimum Gasteiger partial charge on any atom is -0.379 e. The quantitative estimate of drug-likeness (QED) is 0.778. The lowest BCUT2D eigenvalue weighted by atomic mass is 9.82. The molecular weight excluding hydrogens is 204 g/mol. The number of nitrogens with two attached hydrogens (primary N) is 1. The van der Waals surface area contributed by atoms with Crippen molar-refractivity contribution < 1.29 is 9.53 Å². The van der Waals surface area contributed by atoms with Gasteiger partial charge in [0.15, 0.2) is 0 Å². The number of para-hydroxylation sites is 1. The maximum absolute atomic E-state index is 12.0. The topological polar surface area (TPSA) is 64.3 Å². The Balaban J connectivity index is 2.37. The molecule has 2 rings (SSSR count). The Morgan fingerprint density at radius 3 is 2.88 bits per heavy atom. The molecule has 3 N–H and O–H groups in total. The van der Waals surface area contributed by atoms with Crippen LogP contribution in [0, 0.1) is 0 Å². The van der Waals surface area contributed by atoms with Crippen molar-refractivity contribution in [2.45, 2.75) is 25.0 Å². The summed E-state index contributed by atoms with van der Waals surface area (Å²) in [5.74, 6) is -0.180. The van der Waals surface area contributed by atoms with Crippen LogP contribution in [0.4, 0.5) is 5.69 Å². The Morgan fingerprint density at radius 2 is 2.19 bits per heavy atom. The van der Waals surface area contributed by atoms with Crippen LogP contribution >= 0.6 is 0 Å². The summed E-state index contributed by atoms with van der Waals surface area (Å²) < 4.78 is 5.19. The standard InChI is InChI=1S/C12H16N2O2/c1-8(16-2)12(13)7-9-5-3-4-6-10(9)14-11(12)15/h3-6,8H,7,13H2,1-2H3,(H,14,15). The highest BCUT2D eigenvalue weighted by molar-refractivity contribution is 6.01. The molecule has 1 aliphatic rings. The molecule has 1 aromatic carbocycles. The lowest BCUT2D eigenvalue weighted by Gasteiger charge is -2.37. The number of anilines is 1. The molecule has 1 heterocycles. The van der Waals surface area contributed by atoms with Crippen LogP contribution in [0.1, 0.15) is 12.5 Å². The fraction of sp³-hybridized carbons (Fsp3) is 0.417. The van der Waals surface area contributed by atoms with Crippen LogP contribution < -0.4 is 11.1 Å². The molecule has 0 aliphatic carbocycles. The van der Waals surface area contributed by atoms with Crippen LogP contribution in [0.25, 0.3) is 0 Å². The smallest absolute Gasteiger partial charge is 0.247 e. The van der Waals surface area contributed by atoms with E-state index in [9.17, 15) is 4.79 Å². The molecule has 0 radical (unpaired) electrons. The summed E-state index contributed by atoms with van der Waals surface area (Å²) in [6.07, 6.45) is 0.185.